The van der Waals surface area contributed by atoms with Crippen LogP contribution in [0.15, 0.2) is 36.8 Å². The Balaban J connectivity index is 1.20. The van der Waals surface area contributed by atoms with Gasteiger partial charge in [-0.1, -0.05) is 45.7 Å². The molecule has 3 aromatic rings. The predicted molar refractivity (Wildman–Crippen MR) is 193 cm³/mol. The predicted octanol–water partition coefficient (Wildman–Crippen LogP) is 5.01. The lowest BCUT2D eigenvalue weighted by Gasteiger charge is -2.35. The SMILES string of the molecule is CC[C@@H]1C[C@]1(NC(=O)[C@@H]1C[C@@H](Oc2cc(-c3cnccn3)nc3c(Cl)c(OC)ccc23)CN1C(=O)[C@@H](NC(=O)OC1C[C@@H]2C[C@@H]2C1)C(C)(C)C)C(=O)O. The number of likely N-dealkylation sites (tertiary alicyclic amines) is 1. The average molecular weight is 749 g/mol. The van der Waals surface area contributed by atoms with E-state index in [1.165, 1.54) is 24.6 Å². The molecule has 1 aliphatic heterocycles. The van der Waals surface area contributed by atoms with E-state index >= 15 is 0 Å². The molecule has 4 fully saturated rings. The van der Waals surface area contributed by atoms with Crippen LogP contribution in [0.2, 0.25) is 5.02 Å². The monoisotopic (exact) mass is 748 g/mol. The maximum atomic E-state index is 14.6. The molecule has 3 amide bonds. The number of fused-ring (bicyclic) bond motifs is 2. The van der Waals surface area contributed by atoms with Gasteiger partial charge in [0.15, 0.2) is 0 Å². The van der Waals surface area contributed by atoms with E-state index in [0.29, 0.717) is 58.5 Å². The molecule has 3 saturated carbocycles. The van der Waals surface area contributed by atoms with Crippen molar-refractivity contribution in [3.05, 3.63) is 41.8 Å². The van der Waals surface area contributed by atoms with Gasteiger partial charge in [-0.15, -0.1) is 0 Å². The summed E-state index contributed by atoms with van der Waals surface area (Å²) in [6, 6.07) is 3.00. The summed E-state index contributed by atoms with van der Waals surface area (Å²) in [5.74, 6) is -0.461. The highest BCUT2D eigenvalue weighted by Crippen LogP contribution is 2.52. The normalized spacial score (nSPS) is 27.8. The Labute approximate surface area is 312 Å². The molecule has 15 heteroatoms. The van der Waals surface area contributed by atoms with Gasteiger partial charge in [-0.25, -0.2) is 14.6 Å². The summed E-state index contributed by atoms with van der Waals surface area (Å²) in [6.45, 7) is 7.32. The van der Waals surface area contributed by atoms with Crippen LogP contribution in [-0.2, 0) is 19.1 Å². The Bertz CT molecular complexity index is 1930. The van der Waals surface area contributed by atoms with E-state index in [2.05, 4.69) is 20.6 Å². The molecule has 0 bridgehead atoms. The first-order chi connectivity index (χ1) is 25.2. The van der Waals surface area contributed by atoms with Crippen LogP contribution < -0.4 is 20.1 Å². The van der Waals surface area contributed by atoms with Crippen molar-refractivity contribution < 1.29 is 38.5 Å². The van der Waals surface area contributed by atoms with Crippen molar-refractivity contribution in [3.63, 3.8) is 0 Å². The number of hydrogen-bond donors (Lipinski definition) is 3. The van der Waals surface area contributed by atoms with Crippen molar-refractivity contribution in [1.29, 1.82) is 0 Å². The molecule has 1 aromatic carbocycles. The second-order valence-corrected chi connectivity index (χ2v) is 16.2. The summed E-state index contributed by atoms with van der Waals surface area (Å²) < 4.78 is 17.8. The van der Waals surface area contributed by atoms with Crippen LogP contribution >= 0.6 is 11.6 Å². The van der Waals surface area contributed by atoms with E-state index in [9.17, 15) is 24.3 Å². The highest BCUT2D eigenvalue weighted by molar-refractivity contribution is 6.36. The van der Waals surface area contributed by atoms with E-state index in [1.54, 1.807) is 30.6 Å². The molecule has 3 heterocycles. The molecule has 0 spiro atoms. The van der Waals surface area contributed by atoms with Gasteiger partial charge >= 0.3 is 12.1 Å². The number of rotatable bonds is 11. The van der Waals surface area contributed by atoms with Crippen LogP contribution in [0.1, 0.15) is 66.2 Å². The summed E-state index contributed by atoms with van der Waals surface area (Å²) >= 11 is 6.74. The second-order valence-electron chi connectivity index (χ2n) is 15.8. The van der Waals surface area contributed by atoms with Crippen LogP contribution in [0.5, 0.6) is 11.5 Å². The van der Waals surface area contributed by atoms with Crippen molar-refractivity contribution in [1.82, 2.24) is 30.5 Å². The first-order valence-corrected chi connectivity index (χ1v) is 18.5. The third-order valence-corrected chi connectivity index (χ3v) is 11.6. The number of methoxy groups -OCH3 is 1. The van der Waals surface area contributed by atoms with Gasteiger partial charge in [0.25, 0.3) is 0 Å². The quantitative estimate of drug-likeness (QED) is 0.240. The lowest BCUT2D eigenvalue weighted by atomic mass is 9.85. The number of amides is 3. The van der Waals surface area contributed by atoms with E-state index in [1.807, 2.05) is 27.7 Å². The fraction of sp³-hybridized carbons (Fsp3) is 0.553. The molecule has 14 nitrogen and oxygen atoms in total. The van der Waals surface area contributed by atoms with Crippen LogP contribution in [0.25, 0.3) is 22.3 Å². The molecule has 1 saturated heterocycles. The third kappa shape index (κ3) is 7.17. The fourth-order valence-electron chi connectivity index (χ4n) is 8.05. The maximum Gasteiger partial charge on any atom is 0.408 e. The van der Waals surface area contributed by atoms with Crippen molar-refractivity contribution in [2.24, 2.45) is 23.2 Å². The number of nitrogens with one attached hydrogen (secondary N) is 2. The molecule has 1 unspecified atom stereocenters. The number of halogens is 1. The zero-order chi connectivity index (χ0) is 37.8. The number of carbonyl (C=O) groups excluding carboxylic acids is 3. The number of aliphatic carboxylic acids is 1. The minimum Gasteiger partial charge on any atom is -0.495 e. The number of ether oxygens (including phenoxy) is 3. The van der Waals surface area contributed by atoms with Gasteiger partial charge in [0, 0.05) is 30.3 Å². The number of carboxylic acid groups (broad SMARTS) is 1. The molecule has 8 atom stereocenters. The number of benzene rings is 1. The molecular weight excluding hydrogens is 704 g/mol. The molecule has 0 radical (unpaired) electrons. The van der Waals surface area contributed by atoms with Gasteiger partial charge in [0.05, 0.1) is 31.1 Å². The lowest BCUT2D eigenvalue weighted by Crippen LogP contribution is -2.59. The highest BCUT2D eigenvalue weighted by Gasteiger charge is 2.61. The number of nitrogens with zero attached hydrogens (tertiary/aromatic N) is 4. The van der Waals surface area contributed by atoms with E-state index in [-0.39, 0.29) is 30.0 Å². The zero-order valence-corrected chi connectivity index (χ0v) is 31.2. The Hall–Kier alpha value is -4.72. The van der Waals surface area contributed by atoms with E-state index < -0.39 is 53.0 Å². The first kappa shape index (κ1) is 36.6. The van der Waals surface area contributed by atoms with Gasteiger partial charge in [-0.05, 0) is 61.0 Å². The van der Waals surface area contributed by atoms with Gasteiger partial charge < -0.3 is 34.9 Å². The third-order valence-electron chi connectivity index (χ3n) is 11.2. The van der Waals surface area contributed by atoms with Gasteiger partial charge in [-0.3, -0.25) is 19.6 Å². The molecule has 2 aromatic heterocycles. The number of alkyl carbamates (subject to hydrolysis) is 1. The number of carbonyl (C=O) groups is 4. The maximum absolute atomic E-state index is 14.6. The molecule has 7 rings (SSSR count). The Morgan fingerprint density at radius 1 is 1.06 bits per heavy atom. The van der Waals surface area contributed by atoms with Gasteiger partial charge in [0.1, 0.15) is 52.0 Å². The van der Waals surface area contributed by atoms with Crippen molar-refractivity contribution >= 4 is 46.4 Å². The summed E-state index contributed by atoms with van der Waals surface area (Å²) in [5, 5.41) is 16.5. The second kappa shape index (κ2) is 13.9. The molecule has 53 heavy (non-hydrogen) atoms. The zero-order valence-electron chi connectivity index (χ0n) is 30.4. The van der Waals surface area contributed by atoms with Crippen molar-refractivity contribution in [2.45, 2.75) is 96.1 Å². The molecule has 3 N–H and O–H groups in total. The largest absolute Gasteiger partial charge is 0.495 e. The summed E-state index contributed by atoms with van der Waals surface area (Å²) in [7, 11) is 1.50. The number of aromatic nitrogens is 3. The summed E-state index contributed by atoms with van der Waals surface area (Å²) in [5.41, 5.74) is -0.901. The smallest absolute Gasteiger partial charge is 0.408 e. The lowest BCUT2D eigenvalue weighted by molar-refractivity contribution is -0.146. The number of hydrogen-bond acceptors (Lipinski definition) is 10. The number of carboxylic acids is 1. The Morgan fingerprint density at radius 3 is 2.43 bits per heavy atom. The topological polar surface area (TPSA) is 182 Å². The summed E-state index contributed by atoms with van der Waals surface area (Å²) in [4.78, 5) is 69.0. The standard InChI is InChI=1S/C38H45ClN6O8/c1-6-21-16-38(21,35(48)49)44-33(46)27-14-23(18-45(27)34(47)32(37(2,3)4)43-36(50)53-22-12-19-11-20(19)13-22)52-29-15-25(26-17-40-9-10-41-26)42-31-24(29)7-8-28(51-5)30(31)39/h7-10,15,17,19-23,27,32H,6,11-14,16,18H2,1-5H3,(H,43,50)(H,44,46)(H,48,49)/t19-,20+,21-,22?,23-,27+,32-,38-/m1/s1. The van der Waals surface area contributed by atoms with E-state index in [0.717, 1.165) is 12.8 Å². The van der Waals surface area contributed by atoms with Crippen molar-refractivity contribution in [3.8, 4) is 22.9 Å². The highest BCUT2D eigenvalue weighted by atomic mass is 35.5. The van der Waals surface area contributed by atoms with Crippen LogP contribution in [0.3, 0.4) is 0 Å². The molecule has 4 aliphatic rings. The Morgan fingerprint density at radius 2 is 1.81 bits per heavy atom. The summed E-state index contributed by atoms with van der Waals surface area (Å²) in [6.07, 6.45) is 6.78. The minimum absolute atomic E-state index is 0.0301. The molecular formula is C38H45ClN6O8. The van der Waals surface area contributed by atoms with Crippen molar-refractivity contribution in [2.75, 3.05) is 13.7 Å². The van der Waals surface area contributed by atoms with Crippen LogP contribution in [0, 0.1) is 23.2 Å². The minimum atomic E-state index is -1.41. The van der Waals surface area contributed by atoms with Crippen LogP contribution in [-0.4, -0.2) is 92.3 Å². The first-order valence-electron chi connectivity index (χ1n) is 18.2. The fourth-order valence-corrected chi connectivity index (χ4v) is 8.33. The van der Waals surface area contributed by atoms with E-state index in [4.69, 9.17) is 30.8 Å². The molecule has 282 valence electrons. The van der Waals surface area contributed by atoms with Gasteiger partial charge in [0.2, 0.25) is 11.8 Å². The number of pyridine rings is 1. The molecule has 3 aliphatic carbocycles. The average Bonchev–Trinajstić information content (AvgIpc) is 3.94. The van der Waals surface area contributed by atoms with Crippen LogP contribution in [0.4, 0.5) is 4.79 Å². The van der Waals surface area contributed by atoms with Gasteiger partial charge in [-0.2, -0.15) is 0 Å². The Kier molecular flexibility index (Phi) is 9.62.